The van der Waals surface area contributed by atoms with Crippen molar-refractivity contribution in [3.05, 3.63) is 41.5 Å². The Labute approximate surface area is 144 Å². The van der Waals surface area contributed by atoms with Crippen LogP contribution in [0.2, 0.25) is 0 Å². The molecule has 134 valence electrons. The third kappa shape index (κ3) is 4.85. The normalized spacial score (nSPS) is 20.9. The molecule has 7 heteroatoms. The van der Waals surface area contributed by atoms with Gasteiger partial charge in [-0.25, -0.2) is 8.78 Å². The third-order valence-corrected chi connectivity index (χ3v) is 4.39. The minimum Gasteiger partial charge on any atom is -0.373 e. The van der Waals surface area contributed by atoms with E-state index in [-0.39, 0.29) is 24.3 Å². The van der Waals surface area contributed by atoms with Gasteiger partial charge in [-0.3, -0.25) is 9.59 Å². The Kier molecular flexibility index (Phi) is 5.43. The molecule has 2 saturated heterocycles. The van der Waals surface area contributed by atoms with Gasteiger partial charge < -0.3 is 14.5 Å². The maximum atomic E-state index is 13.2. The molecule has 0 aliphatic carbocycles. The molecular weight excluding hydrogens is 330 g/mol. The summed E-state index contributed by atoms with van der Waals surface area (Å²) in [6, 6.07) is 3.45. The molecule has 1 aromatic carbocycles. The maximum absolute atomic E-state index is 13.2. The zero-order chi connectivity index (χ0) is 17.8. The molecule has 1 unspecified atom stereocenters. The first kappa shape index (κ1) is 17.5. The first-order valence-corrected chi connectivity index (χ1v) is 8.34. The number of nitrogens with zero attached hydrogens (tertiary/aromatic N) is 2. The summed E-state index contributed by atoms with van der Waals surface area (Å²) in [5.74, 6) is -2.08. The highest BCUT2D eigenvalue weighted by Gasteiger charge is 2.26. The fraction of sp³-hybridized carbons (Fsp3) is 0.444. The van der Waals surface area contributed by atoms with E-state index in [1.54, 1.807) is 9.80 Å². The van der Waals surface area contributed by atoms with Gasteiger partial charge in [0.1, 0.15) is 0 Å². The highest BCUT2D eigenvalue weighted by molar-refractivity contribution is 5.92. The van der Waals surface area contributed by atoms with Crippen molar-refractivity contribution >= 4 is 17.9 Å². The second kappa shape index (κ2) is 7.74. The lowest BCUT2D eigenvalue weighted by Crippen LogP contribution is -2.36. The number of hydrogen-bond donors (Lipinski definition) is 0. The van der Waals surface area contributed by atoms with Gasteiger partial charge in [0.05, 0.1) is 12.7 Å². The van der Waals surface area contributed by atoms with E-state index in [4.69, 9.17) is 4.74 Å². The molecule has 3 rings (SSSR count). The van der Waals surface area contributed by atoms with Crippen molar-refractivity contribution in [2.75, 3.05) is 32.8 Å². The van der Waals surface area contributed by atoms with Crippen molar-refractivity contribution in [2.24, 2.45) is 0 Å². The van der Waals surface area contributed by atoms with Gasteiger partial charge in [-0.1, -0.05) is 6.07 Å². The highest BCUT2D eigenvalue weighted by atomic mass is 19.2. The SMILES string of the molecule is O=C(/C=C/c1ccc(F)c(F)c1)N1CCC(=O)N(CCC2CO2)CC1. The average Bonchev–Trinajstić information content (AvgIpc) is 3.42. The Bertz CT molecular complexity index is 689. The second-order valence-electron chi connectivity index (χ2n) is 6.21. The molecule has 2 amide bonds. The van der Waals surface area contributed by atoms with E-state index >= 15 is 0 Å². The van der Waals surface area contributed by atoms with Gasteiger partial charge in [-0.15, -0.1) is 0 Å². The van der Waals surface area contributed by atoms with Crippen molar-refractivity contribution in [3.63, 3.8) is 0 Å². The van der Waals surface area contributed by atoms with E-state index in [0.717, 1.165) is 25.2 Å². The Morgan fingerprint density at radius 2 is 2.04 bits per heavy atom. The zero-order valence-corrected chi connectivity index (χ0v) is 13.8. The molecule has 0 bridgehead atoms. The number of benzene rings is 1. The smallest absolute Gasteiger partial charge is 0.246 e. The van der Waals surface area contributed by atoms with E-state index in [1.807, 2.05) is 0 Å². The van der Waals surface area contributed by atoms with Crippen LogP contribution in [0.1, 0.15) is 18.4 Å². The number of amides is 2. The van der Waals surface area contributed by atoms with Crippen molar-refractivity contribution in [3.8, 4) is 0 Å². The molecule has 0 spiro atoms. The van der Waals surface area contributed by atoms with Crippen LogP contribution in [0.15, 0.2) is 24.3 Å². The quantitative estimate of drug-likeness (QED) is 0.601. The summed E-state index contributed by atoms with van der Waals surface area (Å²) in [6.45, 7) is 2.72. The number of epoxide rings is 1. The molecule has 2 aliphatic rings. The van der Waals surface area contributed by atoms with Gasteiger partial charge >= 0.3 is 0 Å². The van der Waals surface area contributed by atoms with Crippen LogP contribution in [-0.2, 0) is 14.3 Å². The van der Waals surface area contributed by atoms with E-state index in [9.17, 15) is 18.4 Å². The molecule has 2 heterocycles. The van der Waals surface area contributed by atoms with Gasteiger partial charge in [0.2, 0.25) is 11.8 Å². The second-order valence-corrected chi connectivity index (χ2v) is 6.21. The summed E-state index contributed by atoms with van der Waals surface area (Å²) in [4.78, 5) is 27.8. The molecule has 1 aromatic rings. The largest absolute Gasteiger partial charge is 0.373 e. The third-order valence-electron chi connectivity index (χ3n) is 4.39. The van der Waals surface area contributed by atoms with Gasteiger partial charge in [-0.2, -0.15) is 0 Å². The number of halogens is 2. The minimum absolute atomic E-state index is 0.0422. The van der Waals surface area contributed by atoms with Gasteiger partial charge in [0, 0.05) is 38.7 Å². The summed E-state index contributed by atoms with van der Waals surface area (Å²) in [5, 5.41) is 0. The molecule has 0 radical (unpaired) electrons. The number of ether oxygens (including phenoxy) is 1. The van der Waals surface area contributed by atoms with Crippen molar-refractivity contribution < 1.29 is 23.1 Å². The van der Waals surface area contributed by atoms with E-state index in [2.05, 4.69) is 0 Å². The highest BCUT2D eigenvalue weighted by Crippen LogP contribution is 2.15. The van der Waals surface area contributed by atoms with Gasteiger partial charge in [0.15, 0.2) is 11.6 Å². The fourth-order valence-electron chi connectivity index (χ4n) is 2.75. The van der Waals surface area contributed by atoms with Crippen LogP contribution in [0.4, 0.5) is 8.78 Å². The Balaban J connectivity index is 1.55. The molecular formula is C18H20F2N2O3. The number of rotatable bonds is 5. The molecule has 0 saturated carbocycles. The molecule has 5 nitrogen and oxygen atoms in total. The number of carbonyl (C=O) groups excluding carboxylic acids is 2. The van der Waals surface area contributed by atoms with Crippen LogP contribution in [0.25, 0.3) is 6.08 Å². The molecule has 25 heavy (non-hydrogen) atoms. The first-order chi connectivity index (χ1) is 12.0. The standard InChI is InChI=1S/C18H20F2N2O3/c19-15-3-1-13(11-16(15)20)2-4-17(23)22-8-6-18(24)21(9-10-22)7-5-14-12-25-14/h1-4,11,14H,5-10,12H2/b4-2+. The van der Waals surface area contributed by atoms with E-state index < -0.39 is 11.6 Å². The Hall–Kier alpha value is -2.28. The molecule has 2 fully saturated rings. The van der Waals surface area contributed by atoms with Crippen LogP contribution < -0.4 is 0 Å². The monoisotopic (exact) mass is 350 g/mol. The summed E-state index contributed by atoms with van der Waals surface area (Å²) >= 11 is 0. The molecule has 2 aliphatic heterocycles. The van der Waals surface area contributed by atoms with Gasteiger partial charge in [0.25, 0.3) is 0 Å². The lowest BCUT2D eigenvalue weighted by molar-refractivity contribution is -0.130. The zero-order valence-electron chi connectivity index (χ0n) is 13.8. The topological polar surface area (TPSA) is 53.2 Å². The summed E-state index contributed by atoms with van der Waals surface area (Å²) in [7, 11) is 0. The predicted molar refractivity (Wildman–Crippen MR) is 87.5 cm³/mol. The number of carbonyl (C=O) groups is 2. The summed E-state index contributed by atoms with van der Waals surface area (Å²) in [5.41, 5.74) is 0.407. The Morgan fingerprint density at radius 1 is 1.24 bits per heavy atom. The molecule has 1 atom stereocenters. The van der Waals surface area contributed by atoms with Crippen molar-refractivity contribution in [1.29, 1.82) is 0 Å². The van der Waals surface area contributed by atoms with Gasteiger partial charge in [-0.05, 0) is 30.2 Å². The average molecular weight is 350 g/mol. The molecule has 0 N–H and O–H groups in total. The van der Waals surface area contributed by atoms with Crippen LogP contribution in [-0.4, -0.2) is 60.5 Å². The lowest BCUT2D eigenvalue weighted by atomic mass is 10.2. The first-order valence-electron chi connectivity index (χ1n) is 8.34. The summed E-state index contributed by atoms with van der Waals surface area (Å²) < 4.78 is 31.2. The van der Waals surface area contributed by atoms with Crippen LogP contribution in [0, 0.1) is 11.6 Å². The van der Waals surface area contributed by atoms with Crippen LogP contribution in [0.3, 0.4) is 0 Å². The van der Waals surface area contributed by atoms with Crippen LogP contribution >= 0.6 is 0 Å². The molecule has 0 aromatic heterocycles. The maximum Gasteiger partial charge on any atom is 0.246 e. The van der Waals surface area contributed by atoms with Crippen molar-refractivity contribution in [2.45, 2.75) is 18.9 Å². The lowest BCUT2D eigenvalue weighted by Gasteiger charge is -2.21. The fourth-order valence-corrected chi connectivity index (χ4v) is 2.75. The van der Waals surface area contributed by atoms with Crippen LogP contribution in [0.5, 0.6) is 0 Å². The van der Waals surface area contributed by atoms with Crippen molar-refractivity contribution in [1.82, 2.24) is 9.80 Å². The minimum atomic E-state index is -0.953. The van der Waals surface area contributed by atoms with E-state index in [0.29, 0.717) is 31.7 Å². The predicted octanol–water partition coefficient (Wildman–Crippen LogP) is 1.83. The number of hydrogen-bond acceptors (Lipinski definition) is 3. The van der Waals surface area contributed by atoms with E-state index in [1.165, 1.54) is 18.2 Å². The Morgan fingerprint density at radius 3 is 2.76 bits per heavy atom. The summed E-state index contributed by atoms with van der Waals surface area (Å²) in [6.07, 6.45) is 4.16.